The summed E-state index contributed by atoms with van der Waals surface area (Å²) >= 11 is 0. The van der Waals surface area contributed by atoms with Gasteiger partial charge in [-0.25, -0.2) is 0 Å². The first-order chi connectivity index (χ1) is 7.83. The van der Waals surface area contributed by atoms with Gasteiger partial charge >= 0.3 is 0 Å². The number of benzene rings is 1. The van der Waals surface area contributed by atoms with Crippen LogP contribution in [-0.2, 0) is 0 Å². The lowest BCUT2D eigenvalue weighted by Gasteiger charge is -2.12. The lowest BCUT2D eigenvalue weighted by atomic mass is 10.2. The molecule has 1 fully saturated rings. The molecular weight excluding hydrogens is 200 g/mol. The minimum atomic E-state index is 0.653. The van der Waals surface area contributed by atoms with Crippen LogP contribution in [0.25, 0.3) is 6.08 Å². The van der Waals surface area contributed by atoms with Crippen molar-refractivity contribution in [3.05, 3.63) is 30.3 Å². The summed E-state index contributed by atoms with van der Waals surface area (Å²) in [7, 11) is 0. The van der Waals surface area contributed by atoms with Gasteiger partial charge in [0.1, 0.15) is 0 Å². The van der Waals surface area contributed by atoms with Gasteiger partial charge in [0, 0.05) is 0 Å². The van der Waals surface area contributed by atoms with E-state index < -0.39 is 0 Å². The highest BCUT2D eigenvalue weighted by Crippen LogP contribution is 2.33. The molecule has 0 bridgehead atoms. The Bertz CT molecular complexity index is 367. The summed E-state index contributed by atoms with van der Waals surface area (Å²) in [6.45, 7) is 7.19. The van der Waals surface area contributed by atoms with Crippen LogP contribution in [0.1, 0.15) is 25.3 Å². The minimum Gasteiger partial charge on any atom is -0.490 e. The fraction of sp³-hybridized carbons (Fsp3) is 0.429. The zero-order valence-corrected chi connectivity index (χ0v) is 9.74. The molecule has 2 heteroatoms. The van der Waals surface area contributed by atoms with Crippen molar-refractivity contribution in [3.8, 4) is 11.5 Å². The predicted octanol–water partition coefficient (Wildman–Crippen LogP) is 3.52. The zero-order chi connectivity index (χ0) is 11.4. The normalized spacial score (nSPS) is 14.6. The van der Waals surface area contributed by atoms with Crippen LogP contribution in [0.3, 0.4) is 0 Å². The highest BCUT2D eigenvalue weighted by molar-refractivity contribution is 5.54. The Kier molecular flexibility index (Phi) is 3.50. The first-order valence-electron chi connectivity index (χ1n) is 5.85. The van der Waals surface area contributed by atoms with E-state index in [4.69, 9.17) is 9.47 Å². The predicted molar refractivity (Wildman–Crippen MR) is 65.9 cm³/mol. The molecule has 2 rings (SSSR count). The molecule has 0 N–H and O–H groups in total. The first kappa shape index (κ1) is 11.1. The standard InChI is InChI=1S/C14H18O2/c1-3-11-7-8-13(14(9-11)15-4-2)16-10-12-5-6-12/h3,7-9,12H,1,4-6,10H2,2H3. The van der Waals surface area contributed by atoms with Crippen LogP contribution in [0.15, 0.2) is 24.8 Å². The van der Waals surface area contributed by atoms with E-state index in [1.165, 1.54) is 12.8 Å². The van der Waals surface area contributed by atoms with Crippen molar-refractivity contribution in [2.45, 2.75) is 19.8 Å². The van der Waals surface area contributed by atoms with Gasteiger partial charge in [0.25, 0.3) is 0 Å². The fourth-order valence-electron chi connectivity index (χ4n) is 1.53. The molecule has 86 valence electrons. The number of rotatable bonds is 6. The van der Waals surface area contributed by atoms with E-state index in [1.54, 1.807) is 0 Å². The Balaban J connectivity index is 2.09. The molecule has 0 unspecified atom stereocenters. The molecule has 1 aliphatic carbocycles. The quantitative estimate of drug-likeness (QED) is 0.727. The fourth-order valence-corrected chi connectivity index (χ4v) is 1.53. The molecule has 0 amide bonds. The Hall–Kier alpha value is -1.44. The van der Waals surface area contributed by atoms with Gasteiger partial charge in [-0.05, 0) is 43.4 Å². The summed E-state index contributed by atoms with van der Waals surface area (Å²) in [6.07, 6.45) is 4.41. The molecular formula is C14H18O2. The lowest BCUT2D eigenvalue weighted by molar-refractivity contribution is 0.267. The second-order valence-electron chi connectivity index (χ2n) is 4.10. The van der Waals surface area contributed by atoms with E-state index in [-0.39, 0.29) is 0 Å². The van der Waals surface area contributed by atoms with E-state index in [0.717, 1.165) is 29.6 Å². The average Bonchev–Trinajstić information content (AvgIpc) is 3.11. The number of hydrogen-bond donors (Lipinski definition) is 0. The first-order valence-corrected chi connectivity index (χ1v) is 5.85. The SMILES string of the molecule is C=Cc1ccc(OCC2CC2)c(OCC)c1. The van der Waals surface area contributed by atoms with E-state index in [0.29, 0.717) is 6.61 Å². The molecule has 2 nitrogen and oxygen atoms in total. The van der Waals surface area contributed by atoms with Crippen LogP contribution in [0.4, 0.5) is 0 Å². The van der Waals surface area contributed by atoms with Crippen molar-refractivity contribution in [2.24, 2.45) is 5.92 Å². The van der Waals surface area contributed by atoms with Crippen molar-refractivity contribution in [1.82, 2.24) is 0 Å². The summed E-state index contributed by atoms with van der Waals surface area (Å²) in [6, 6.07) is 5.93. The van der Waals surface area contributed by atoms with E-state index >= 15 is 0 Å². The summed E-state index contributed by atoms with van der Waals surface area (Å²) in [5, 5.41) is 0. The molecule has 1 aromatic carbocycles. The molecule has 0 heterocycles. The van der Waals surface area contributed by atoms with E-state index in [9.17, 15) is 0 Å². The lowest BCUT2D eigenvalue weighted by Crippen LogP contribution is -2.02. The zero-order valence-electron chi connectivity index (χ0n) is 9.74. The van der Waals surface area contributed by atoms with Gasteiger partial charge in [-0.2, -0.15) is 0 Å². The van der Waals surface area contributed by atoms with Crippen molar-refractivity contribution in [1.29, 1.82) is 0 Å². The maximum atomic E-state index is 5.75. The summed E-state index contributed by atoms with van der Waals surface area (Å²) in [5.41, 5.74) is 1.06. The third-order valence-electron chi connectivity index (χ3n) is 2.67. The topological polar surface area (TPSA) is 18.5 Å². The molecule has 1 aromatic rings. The summed E-state index contributed by atoms with van der Waals surface area (Å²) in [5.74, 6) is 2.42. The average molecular weight is 218 g/mol. The van der Waals surface area contributed by atoms with E-state index in [1.807, 2.05) is 31.2 Å². The maximum absolute atomic E-state index is 5.75. The number of hydrogen-bond acceptors (Lipinski definition) is 2. The van der Waals surface area contributed by atoms with Crippen molar-refractivity contribution < 1.29 is 9.47 Å². The molecule has 1 aliphatic rings. The molecule has 0 spiro atoms. The van der Waals surface area contributed by atoms with Crippen molar-refractivity contribution in [2.75, 3.05) is 13.2 Å². The number of ether oxygens (including phenoxy) is 2. The summed E-state index contributed by atoms with van der Waals surface area (Å²) < 4.78 is 11.3. The van der Waals surface area contributed by atoms with Crippen LogP contribution in [-0.4, -0.2) is 13.2 Å². The van der Waals surface area contributed by atoms with Crippen LogP contribution in [0.2, 0.25) is 0 Å². The van der Waals surface area contributed by atoms with Gasteiger partial charge in [-0.1, -0.05) is 18.7 Å². The Morgan fingerprint density at radius 2 is 2.12 bits per heavy atom. The van der Waals surface area contributed by atoms with Crippen LogP contribution in [0, 0.1) is 5.92 Å². The molecule has 0 atom stereocenters. The largest absolute Gasteiger partial charge is 0.490 e. The van der Waals surface area contributed by atoms with Crippen molar-refractivity contribution in [3.63, 3.8) is 0 Å². The van der Waals surface area contributed by atoms with Gasteiger partial charge in [-0.15, -0.1) is 0 Å². The van der Waals surface area contributed by atoms with Gasteiger partial charge in [0.2, 0.25) is 0 Å². The second kappa shape index (κ2) is 5.06. The second-order valence-corrected chi connectivity index (χ2v) is 4.10. The highest BCUT2D eigenvalue weighted by Gasteiger charge is 2.22. The Morgan fingerprint density at radius 1 is 1.31 bits per heavy atom. The Morgan fingerprint density at radius 3 is 2.75 bits per heavy atom. The monoisotopic (exact) mass is 218 g/mol. The third kappa shape index (κ3) is 2.78. The van der Waals surface area contributed by atoms with Gasteiger partial charge in [-0.3, -0.25) is 0 Å². The van der Waals surface area contributed by atoms with Crippen LogP contribution >= 0.6 is 0 Å². The molecule has 16 heavy (non-hydrogen) atoms. The van der Waals surface area contributed by atoms with Crippen LogP contribution in [0.5, 0.6) is 11.5 Å². The van der Waals surface area contributed by atoms with Crippen molar-refractivity contribution >= 4 is 6.08 Å². The molecule has 0 aromatic heterocycles. The maximum Gasteiger partial charge on any atom is 0.161 e. The van der Waals surface area contributed by atoms with Gasteiger partial charge in [0.05, 0.1) is 13.2 Å². The Labute approximate surface area is 96.9 Å². The molecule has 0 radical (unpaired) electrons. The highest BCUT2D eigenvalue weighted by atomic mass is 16.5. The smallest absolute Gasteiger partial charge is 0.161 e. The summed E-state index contributed by atoms with van der Waals surface area (Å²) in [4.78, 5) is 0. The van der Waals surface area contributed by atoms with Gasteiger partial charge in [0.15, 0.2) is 11.5 Å². The van der Waals surface area contributed by atoms with E-state index in [2.05, 4.69) is 6.58 Å². The van der Waals surface area contributed by atoms with Gasteiger partial charge < -0.3 is 9.47 Å². The minimum absolute atomic E-state index is 0.653. The third-order valence-corrected chi connectivity index (χ3v) is 2.67. The molecule has 0 saturated heterocycles. The molecule has 0 aliphatic heterocycles. The van der Waals surface area contributed by atoms with Crippen LogP contribution < -0.4 is 9.47 Å². The molecule has 1 saturated carbocycles.